The molecule has 1 aliphatic rings. The Morgan fingerprint density at radius 2 is 2.14 bits per heavy atom. The Morgan fingerprint density at radius 1 is 1.33 bits per heavy atom. The number of aromatic nitrogens is 4. The largest absolute Gasteiger partial charge is 0.381 e. The molecule has 6 nitrogen and oxygen atoms in total. The third kappa shape index (κ3) is 2.63. The summed E-state index contributed by atoms with van der Waals surface area (Å²) in [7, 11) is 0. The van der Waals surface area contributed by atoms with Crippen LogP contribution in [0.5, 0.6) is 0 Å². The summed E-state index contributed by atoms with van der Waals surface area (Å²) in [4.78, 5) is 6.62. The maximum absolute atomic E-state index is 10.9. The molecule has 6 heteroatoms. The van der Waals surface area contributed by atoms with E-state index in [9.17, 15) is 5.11 Å². The normalized spacial score (nSPS) is 22.2. The van der Waals surface area contributed by atoms with Gasteiger partial charge in [0.25, 0.3) is 0 Å². The Hall–Kier alpha value is -1.95. The summed E-state index contributed by atoms with van der Waals surface area (Å²) in [6, 6.07) is 6.18. The van der Waals surface area contributed by atoms with Crippen molar-refractivity contribution in [2.24, 2.45) is 0 Å². The molecule has 2 aromatic rings. The Balaban J connectivity index is 1.81. The summed E-state index contributed by atoms with van der Waals surface area (Å²) in [5.74, 6) is 0.905. The van der Waals surface area contributed by atoms with Gasteiger partial charge in [0.05, 0.1) is 12.7 Å². The highest BCUT2D eigenvalue weighted by Gasteiger charge is 2.40. The fourth-order valence-electron chi connectivity index (χ4n) is 2.65. The van der Waals surface area contributed by atoms with Crippen LogP contribution in [-0.4, -0.2) is 38.2 Å². The maximum atomic E-state index is 10.9. The Morgan fingerprint density at radius 3 is 2.81 bits per heavy atom. The summed E-state index contributed by atoms with van der Waals surface area (Å²) in [5, 5.41) is 19.1. The lowest BCUT2D eigenvalue weighted by atomic mass is 10.00. The van der Waals surface area contributed by atoms with Crippen molar-refractivity contribution in [1.29, 1.82) is 0 Å². The molecule has 21 heavy (non-hydrogen) atoms. The second kappa shape index (κ2) is 5.11. The summed E-state index contributed by atoms with van der Waals surface area (Å²) in [6.07, 6.45) is 2.48. The lowest BCUT2D eigenvalue weighted by Crippen LogP contribution is -2.31. The molecule has 1 saturated heterocycles. The van der Waals surface area contributed by atoms with Crippen molar-refractivity contribution in [2.45, 2.75) is 38.8 Å². The highest BCUT2D eigenvalue weighted by atomic mass is 16.3. The van der Waals surface area contributed by atoms with E-state index in [1.165, 1.54) is 0 Å². The molecule has 2 aromatic heterocycles. The number of β-amino-alcohol motifs (C(OH)–C–C–N with tert-alkyl or cyclic N) is 1. The monoisotopic (exact) mass is 287 g/mol. The molecule has 0 aromatic carbocycles. The fourth-order valence-corrected chi connectivity index (χ4v) is 2.65. The SMILES string of the molecule is Cc1cccc(N2CC[C@@](O)(c3cn(C(C)C)nn3)C2)n1. The van der Waals surface area contributed by atoms with Gasteiger partial charge in [-0.25, -0.2) is 9.67 Å². The molecule has 0 unspecified atom stereocenters. The van der Waals surface area contributed by atoms with Crippen LogP contribution in [0.4, 0.5) is 5.82 Å². The maximum Gasteiger partial charge on any atom is 0.129 e. The van der Waals surface area contributed by atoms with E-state index in [4.69, 9.17) is 0 Å². The van der Waals surface area contributed by atoms with Crippen molar-refractivity contribution in [3.63, 3.8) is 0 Å². The number of hydrogen-bond acceptors (Lipinski definition) is 5. The van der Waals surface area contributed by atoms with Crippen molar-refractivity contribution in [1.82, 2.24) is 20.0 Å². The number of nitrogens with zero attached hydrogens (tertiary/aromatic N) is 5. The molecule has 1 N–H and O–H groups in total. The third-order valence-corrected chi connectivity index (χ3v) is 3.96. The number of rotatable bonds is 3. The molecule has 0 amide bonds. The fraction of sp³-hybridized carbons (Fsp3) is 0.533. The van der Waals surface area contributed by atoms with Gasteiger partial charge in [0.1, 0.15) is 17.1 Å². The summed E-state index contributed by atoms with van der Waals surface area (Å²) in [6.45, 7) is 7.32. The van der Waals surface area contributed by atoms with E-state index in [-0.39, 0.29) is 6.04 Å². The Bertz CT molecular complexity index is 638. The first-order chi connectivity index (χ1) is 9.98. The van der Waals surface area contributed by atoms with Crippen LogP contribution in [0.15, 0.2) is 24.4 Å². The van der Waals surface area contributed by atoms with Gasteiger partial charge in [-0.05, 0) is 32.9 Å². The smallest absolute Gasteiger partial charge is 0.129 e. The van der Waals surface area contributed by atoms with E-state index in [1.54, 1.807) is 4.68 Å². The third-order valence-electron chi connectivity index (χ3n) is 3.96. The minimum Gasteiger partial charge on any atom is -0.381 e. The van der Waals surface area contributed by atoms with E-state index < -0.39 is 5.60 Å². The average molecular weight is 287 g/mol. The number of pyridine rings is 1. The molecule has 112 valence electrons. The Kier molecular flexibility index (Phi) is 3.41. The van der Waals surface area contributed by atoms with Gasteiger partial charge < -0.3 is 10.0 Å². The standard InChI is InChI=1S/C15H21N5O/c1-11(2)20-9-13(17-18-20)15(21)7-8-19(10-15)14-6-4-5-12(3)16-14/h4-6,9,11,21H,7-8,10H2,1-3H3/t15-/m0/s1. The van der Waals surface area contributed by atoms with E-state index in [1.807, 2.05) is 45.2 Å². The highest BCUT2D eigenvalue weighted by molar-refractivity contribution is 5.42. The lowest BCUT2D eigenvalue weighted by molar-refractivity contribution is 0.0559. The van der Waals surface area contributed by atoms with E-state index in [0.717, 1.165) is 18.1 Å². The topological polar surface area (TPSA) is 67.1 Å². The van der Waals surface area contributed by atoms with E-state index >= 15 is 0 Å². The predicted molar refractivity (Wildman–Crippen MR) is 80.1 cm³/mol. The van der Waals surface area contributed by atoms with Crippen LogP contribution >= 0.6 is 0 Å². The highest BCUT2D eigenvalue weighted by Crippen LogP contribution is 2.33. The zero-order chi connectivity index (χ0) is 15.0. The zero-order valence-corrected chi connectivity index (χ0v) is 12.7. The van der Waals surface area contributed by atoms with E-state index in [0.29, 0.717) is 18.7 Å². The van der Waals surface area contributed by atoms with Gasteiger partial charge in [0.2, 0.25) is 0 Å². The molecule has 0 spiro atoms. The first-order valence-electron chi connectivity index (χ1n) is 7.31. The van der Waals surface area contributed by atoms with Crippen molar-refractivity contribution >= 4 is 5.82 Å². The number of hydrogen-bond donors (Lipinski definition) is 1. The van der Waals surface area contributed by atoms with Gasteiger partial charge in [-0.3, -0.25) is 0 Å². The molecule has 1 aliphatic heterocycles. The number of aryl methyl sites for hydroxylation is 1. The molecule has 0 bridgehead atoms. The lowest BCUT2D eigenvalue weighted by Gasteiger charge is -2.22. The van der Waals surface area contributed by atoms with Gasteiger partial charge in [0.15, 0.2) is 0 Å². The van der Waals surface area contributed by atoms with Gasteiger partial charge in [-0.2, -0.15) is 0 Å². The van der Waals surface area contributed by atoms with Gasteiger partial charge in [-0.1, -0.05) is 11.3 Å². The quantitative estimate of drug-likeness (QED) is 0.930. The van der Waals surface area contributed by atoms with Crippen LogP contribution in [0.2, 0.25) is 0 Å². The zero-order valence-electron chi connectivity index (χ0n) is 12.7. The first kappa shape index (κ1) is 14.0. The van der Waals surface area contributed by atoms with E-state index in [2.05, 4.69) is 20.2 Å². The molecule has 0 saturated carbocycles. The minimum atomic E-state index is -0.946. The predicted octanol–water partition coefficient (Wildman–Crippen LogP) is 1.66. The molecule has 3 rings (SSSR count). The van der Waals surface area contributed by atoms with Crippen molar-refractivity contribution in [3.05, 3.63) is 35.8 Å². The van der Waals surface area contributed by atoms with Gasteiger partial charge >= 0.3 is 0 Å². The molecule has 1 atom stereocenters. The second-order valence-corrected chi connectivity index (χ2v) is 6.02. The molecular weight excluding hydrogens is 266 g/mol. The van der Waals surface area contributed by atoms with Crippen LogP contribution < -0.4 is 4.90 Å². The molecule has 0 radical (unpaired) electrons. The van der Waals surface area contributed by atoms with Crippen molar-refractivity contribution in [2.75, 3.05) is 18.0 Å². The van der Waals surface area contributed by atoms with Crippen molar-refractivity contribution < 1.29 is 5.11 Å². The second-order valence-electron chi connectivity index (χ2n) is 6.02. The van der Waals surface area contributed by atoms with Crippen molar-refractivity contribution in [3.8, 4) is 0 Å². The van der Waals surface area contributed by atoms with Gasteiger partial charge in [-0.15, -0.1) is 5.10 Å². The van der Waals surface area contributed by atoms with Gasteiger partial charge in [0, 0.05) is 24.7 Å². The van der Waals surface area contributed by atoms with Crippen LogP contribution in [0.3, 0.4) is 0 Å². The summed E-state index contributed by atoms with van der Waals surface area (Å²) < 4.78 is 1.78. The molecule has 3 heterocycles. The molecular formula is C15H21N5O. The average Bonchev–Trinajstić information content (AvgIpc) is 3.06. The number of anilines is 1. The summed E-state index contributed by atoms with van der Waals surface area (Å²) >= 11 is 0. The van der Waals surface area contributed by atoms with Crippen LogP contribution in [0.25, 0.3) is 0 Å². The molecule has 0 aliphatic carbocycles. The summed E-state index contributed by atoms with van der Waals surface area (Å²) in [5.41, 5.74) is 0.679. The number of aliphatic hydroxyl groups is 1. The van der Waals surface area contributed by atoms with Crippen LogP contribution in [-0.2, 0) is 5.60 Å². The van der Waals surface area contributed by atoms with Crippen LogP contribution in [0, 0.1) is 6.92 Å². The molecule has 1 fully saturated rings. The first-order valence-corrected chi connectivity index (χ1v) is 7.31. The Labute approximate surface area is 124 Å². The van der Waals surface area contributed by atoms with Crippen LogP contribution in [0.1, 0.15) is 37.7 Å². The minimum absolute atomic E-state index is 0.241.